The van der Waals surface area contributed by atoms with Crippen molar-refractivity contribution >= 4 is 22.8 Å². The van der Waals surface area contributed by atoms with E-state index in [0.717, 1.165) is 5.39 Å². The van der Waals surface area contributed by atoms with Gasteiger partial charge in [-0.2, -0.15) is 0 Å². The normalized spacial score (nSPS) is 15.1. The van der Waals surface area contributed by atoms with Crippen LogP contribution in [-0.4, -0.2) is 57.8 Å². The van der Waals surface area contributed by atoms with Gasteiger partial charge in [-0.25, -0.2) is 9.97 Å². The average molecular weight is 350 g/mol. The van der Waals surface area contributed by atoms with Crippen LogP contribution in [0.25, 0.3) is 11.0 Å². The van der Waals surface area contributed by atoms with Gasteiger partial charge in [-0.05, 0) is 42.8 Å². The molecule has 132 valence electrons. The lowest BCUT2D eigenvalue weighted by molar-refractivity contribution is 0.0698. The fraction of sp³-hybridized carbons (Fsp3) is 0.263. The summed E-state index contributed by atoms with van der Waals surface area (Å²) in [6.45, 7) is 2.11. The molecule has 0 aliphatic carbocycles. The maximum absolute atomic E-state index is 12.8. The molecule has 0 atom stereocenters. The number of pyridine rings is 2. The minimum absolute atomic E-state index is 0.134. The first-order chi connectivity index (χ1) is 12.7. The molecule has 3 aromatic heterocycles. The van der Waals surface area contributed by atoms with Crippen LogP contribution in [0.5, 0.6) is 0 Å². The van der Waals surface area contributed by atoms with E-state index in [1.807, 2.05) is 18.2 Å². The monoisotopic (exact) mass is 350 g/mol. The van der Waals surface area contributed by atoms with Crippen LogP contribution < -0.4 is 0 Å². The van der Waals surface area contributed by atoms with Gasteiger partial charge < -0.3 is 14.2 Å². The van der Waals surface area contributed by atoms with E-state index in [2.05, 4.69) is 9.97 Å². The second kappa shape index (κ2) is 6.95. The predicted octanol–water partition coefficient (Wildman–Crippen LogP) is 2.21. The third-order valence-electron chi connectivity index (χ3n) is 4.49. The highest BCUT2D eigenvalue weighted by Crippen LogP contribution is 2.14. The summed E-state index contributed by atoms with van der Waals surface area (Å²) < 4.78 is 5.19. The van der Waals surface area contributed by atoms with Crippen LogP contribution in [-0.2, 0) is 0 Å². The minimum Gasteiger partial charge on any atom is -0.459 e. The van der Waals surface area contributed by atoms with Crippen LogP contribution in [0, 0.1) is 0 Å². The maximum atomic E-state index is 12.8. The molecule has 7 heteroatoms. The van der Waals surface area contributed by atoms with E-state index < -0.39 is 0 Å². The number of amides is 2. The van der Waals surface area contributed by atoms with Gasteiger partial charge in [0.25, 0.3) is 11.8 Å². The van der Waals surface area contributed by atoms with Gasteiger partial charge in [-0.15, -0.1) is 0 Å². The van der Waals surface area contributed by atoms with E-state index in [4.69, 9.17) is 4.42 Å². The Morgan fingerprint density at radius 2 is 1.73 bits per heavy atom. The number of rotatable bonds is 2. The first-order valence-electron chi connectivity index (χ1n) is 8.56. The number of furan rings is 1. The molecule has 7 nitrogen and oxygen atoms in total. The van der Waals surface area contributed by atoms with Crippen LogP contribution in [0.15, 0.2) is 53.3 Å². The van der Waals surface area contributed by atoms with Gasteiger partial charge in [-0.3, -0.25) is 9.59 Å². The van der Waals surface area contributed by atoms with Gasteiger partial charge in [0, 0.05) is 37.8 Å². The molecular weight excluding hydrogens is 332 g/mol. The predicted molar refractivity (Wildman–Crippen MR) is 94.7 cm³/mol. The Morgan fingerprint density at radius 3 is 2.50 bits per heavy atom. The number of fused-ring (bicyclic) bond motifs is 1. The Morgan fingerprint density at radius 1 is 0.923 bits per heavy atom. The smallest absolute Gasteiger partial charge is 0.289 e. The van der Waals surface area contributed by atoms with Crippen LogP contribution in [0.3, 0.4) is 0 Å². The Bertz CT molecular complexity index is 939. The van der Waals surface area contributed by atoms with E-state index in [1.165, 1.54) is 6.26 Å². The van der Waals surface area contributed by atoms with Gasteiger partial charge in [0.05, 0.1) is 6.26 Å². The van der Waals surface area contributed by atoms with Crippen LogP contribution >= 0.6 is 0 Å². The third-order valence-corrected chi connectivity index (χ3v) is 4.49. The SMILES string of the molecule is O=C(c1ccc2cccnc2n1)N1CCCN(C(=O)c2ccco2)CC1. The summed E-state index contributed by atoms with van der Waals surface area (Å²) >= 11 is 0. The van der Waals surface area contributed by atoms with Crippen molar-refractivity contribution < 1.29 is 14.0 Å². The van der Waals surface area contributed by atoms with Gasteiger partial charge in [0.1, 0.15) is 5.69 Å². The molecule has 0 saturated carbocycles. The molecule has 1 aliphatic rings. The number of hydrogen-bond donors (Lipinski definition) is 0. The quantitative estimate of drug-likeness (QED) is 0.708. The minimum atomic E-state index is -0.141. The zero-order valence-corrected chi connectivity index (χ0v) is 14.2. The molecule has 2 amide bonds. The van der Waals surface area contributed by atoms with Gasteiger partial charge >= 0.3 is 0 Å². The highest BCUT2D eigenvalue weighted by molar-refractivity contribution is 5.94. The van der Waals surface area contributed by atoms with Gasteiger partial charge in [0.15, 0.2) is 11.4 Å². The maximum Gasteiger partial charge on any atom is 0.289 e. The van der Waals surface area contributed by atoms with Crippen molar-refractivity contribution in [2.45, 2.75) is 6.42 Å². The molecule has 1 saturated heterocycles. The zero-order chi connectivity index (χ0) is 17.9. The molecule has 0 bridgehead atoms. The average Bonchev–Trinajstić information content (AvgIpc) is 3.11. The number of aromatic nitrogens is 2. The molecule has 0 aromatic carbocycles. The molecule has 0 radical (unpaired) electrons. The van der Waals surface area contributed by atoms with E-state index in [9.17, 15) is 9.59 Å². The lowest BCUT2D eigenvalue weighted by Gasteiger charge is -2.21. The van der Waals surface area contributed by atoms with Crippen molar-refractivity contribution in [1.82, 2.24) is 19.8 Å². The fourth-order valence-electron chi connectivity index (χ4n) is 3.11. The second-order valence-electron chi connectivity index (χ2n) is 6.16. The van der Waals surface area contributed by atoms with E-state index in [1.54, 1.807) is 34.2 Å². The van der Waals surface area contributed by atoms with Crippen LogP contribution in [0.1, 0.15) is 27.5 Å². The van der Waals surface area contributed by atoms with Crippen LogP contribution in [0.2, 0.25) is 0 Å². The van der Waals surface area contributed by atoms with E-state index in [-0.39, 0.29) is 11.8 Å². The summed E-state index contributed by atoms with van der Waals surface area (Å²) in [6, 6.07) is 10.7. The molecule has 26 heavy (non-hydrogen) atoms. The number of carbonyl (C=O) groups excluding carboxylic acids is 2. The molecule has 1 fully saturated rings. The first-order valence-corrected chi connectivity index (χ1v) is 8.56. The summed E-state index contributed by atoms with van der Waals surface area (Å²) in [5.74, 6) is 0.0502. The molecule has 0 spiro atoms. The number of nitrogens with zero attached hydrogens (tertiary/aromatic N) is 4. The summed E-state index contributed by atoms with van der Waals surface area (Å²) in [4.78, 5) is 37.3. The van der Waals surface area contributed by atoms with E-state index >= 15 is 0 Å². The van der Waals surface area contributed by atoms with Gasteiger partial charge in [-0.1, -0.05) is 0 Å². The third kappa shape index (κ3) is 3.15. The highest BCUT2D eigenvalue weighted by atomic mass is 16.3. The number of hydrogen-bond acceptors (Lipinski definition) is 5. The topological polar surface area (TPSA) is 79.5 Å². The zero-order valence-electron chi connectivity index (χ0n) is 14.2. The standard InChI is InChI=1S/C19H18N4O3/c24-18(15-7-6-14-4-1-8-20-17(14)21-15)22-9-3-10-23(12-11-22)19(25)16-5-2-13-26-16/h1-2,4-8,13H,3,9-12H2. The molecular formula is C19H18N4O3. The summed E-state index contributed by atoms with van der Waals surface area (Å²) in [5.41, 5.74) is 0.935. The molecule has 4 rings (SSSR count). The summed E-state index contributed by atoms with van der Waals surface area (Å²) in [5, 5.41) is 0.898. The highest BCUT2D eigenvalue weighted by Gasteiger charge is 2.25. The van der Waals surface area contributed by atoms with Crippen molar-refractivity contribution in [3.05, 3.63) is 60.3 Å². The van der Waals surface area contributed by atoms with Crippen molar-refractivity contribution in [3.63, 3.8) is 0 Å². The lowest BCUT2D eigenvalue weighted by Crippen LogP contribution is -2.37. The first kappa shape index (κ1) is 16.3. The second-order valence-corrected chi connectivity index (χ2v) is 6.16. The Labute approximate surface area is 150 Å². The molecule has 0 N–H and O–H groups in total. The largest absolute Gasteiger partial charge is 0.459 e. The lowest BCUT2D eigenvalue weighted by atomic mass is 10.2. The van der Waals surface area contributed by atoms with Gasteiger partial charge in [0.2, 0.25) is 0 Å². The van der Waals surface area contributed by atoms with Crippen LogP contribution in [0.4, 0.5) is 0 Å². The summed E-state index contributed by atoms with van der Waals surface area (Å²) in [6.07, 6.45) is 3.86. The summed E-state index contributed by atoms with van der Waals surface area (Å²) in [7, 11) is 0. The van der Waals surface area contributed by atoms with Crippen molar-refractivity contribution in [2.24, 2.45) is 0 Å². The number of carbonyl (C=O) groups is 2. The Balaban J connectivity index is 1.47. The van der Waals surface area contributed by atoms with E-state index in [0.29, 0.717) is 49.7 Å². The molecule has 1 aliphatic heterocycles. The van der Waals surface area contributed by atoms with Crippen molar-refractivity contribution in [2.75, 3.05) is 26.2 Å². The van der Waals surface area contributed by atoms with Crippen molar-refractivity contribution in [3.8, 4) is 0 Å². The fourth-order valence-corrected chi connectivity index (χ4v) is 3.11. The molecule has 0 unspecified atom stereocenters. The molecule has 4 heterocycles. The Hall–Kier alpha value is -3.22. The van der Waals surface area contributed by atoms with Crippen molar-refractivity contribution in [1.29, 1.82) is 0 Å². The Kier molecular flexibility index (Phi) is 4.35. The molecule has 3 aromatic rings.